The van der Waals surface area contributed by atoms with Crippen LogP contribution in [0.1, 0.15) is 32.8 Å². The molecule has 0 saturated carbocycles. The fraction of sp³-hybridized carbons (Fsp3) is 0.500. The second-order valence-corrected chi connectivity index (χ2v) is 6.34. The van der Waals surface area contributed by atoms with E-state index in [0.717, 1.165) is 12.0 Å². The van der Waals surface area contributed by atoms with Crippen molar-refractivity contribution in [3.05, 3.63) is 29.8 Å². The van der Waals surface area contributed by atoms with Crippen molar-refractivity contribution in [2.24, 2.45) is 0 Å². The molecule has 0 unspecified atom stereocenters. The van der Waals surface area contributed by atoms with Gasteiger partial charge < -0.3 is 0 Å². The van der Waals surface area contributed by atoms with Crippen LogP contribution in [0.4, 0.5) is 0 Å². The highest BCUT2D eigenvalue weighted by molar-refractivity contribution is 7.89. The summed E-state index contributed by atoms with van der Waals surface area (Å²) in [5.41, 5.74) is 0.637. The average Bonchev–Trinajstić information content (AvgIpc) is 2.17. The number of sulfonamides is 1. The second-order valence-electron chi connectivity index (χ2n) is 4.66. The average molecular weight is 241 g/mol. The van der Waals surface area contributed by atoms with Gasteiger partial charge in [-0.05, 0) is 39.3 Å². The van der Waals surface area contributed by atoms with Crippen molar-refractivity contribution < 1.29 is 8.42 Å². The molecule has 0 atom stereocenters. The van der Waals surface area contributed by atoms with Crippen LogP contribution in [-0.4, -0.2) is 14.0 Å². The molecule has 0 bridgehead atoms. The van der Waals surface area contributed by atoms with Gasteiger partial charge >= 0.3 is 0 Å². The zero-order chi connectivity index (χ0) is 12.4. The molecule has 0 spiro atoms. The van der Waals surface area contributed by atoms with Crippen molar-refractivity contribution in [2.75, 3.05) is 0 Å². The third kappa shape index (κ3) is 3.32. The topological polar surface area (TPSA) is 46.2 Å². The van der Waals surface area contributed by atoms with Crippen LogP contribution in [-0.2, 0) is 10.0 Å². The molecule has 0 amide bonds. The molecule has 0 aliphatic carbocycles. The summed E-state index contributed by atoms with van der Waals surface area (Å²) in [4.78, 5) is 0.319. The molecule has 3 nitrogen and oxygen atoms in total. The highest BCUT2D eigenvalue weighted by Crippen LogP contribution is 2.15. The van der Waals surface area contributed by atoms with Crippen LogP contribution < -0.4 is 4.72 Å². The Bertz CT molecular complexity index is 446. The normalized spacial score (nSPS) is 12.8. The van der Waals surface area contributed by atoms with E-state index in [2.05, 4.69) is 4.72 Å². The minimum Gasteiger partial charge on any atom is -0.207 e. The van der Waals surface area contributed by atoms with Crippen LogP contribution >= 0.6 is 0 Å². The number of rotatable bonds is 4. The first kappa shape index (κ1) is 13.2. The molecule has 1 aromatic rings. The minimum absolute atomic E-state index is 0.319. The van der Waals surface area contributed by atoms with E-state index in [9.17, 15) is 8.42 Å². The highest BCUT2D eigenvalue weighted by Gasteiger charge is 2.24. The number of nitrogens with one attached hydrogen (secondary N) is 1. The minimum atomic E-state index is -3.40. The molecule has 16 heavy (non-hydrogen) atoms. The Hall–Kier alpha value is -0.870. The van der Waals surface area contributed by atoms with E-state index < -0.39 is 15.6 Å². The van der Waals surface area contributed by atoms with E-state index >= 15 is 0 Å². The van der Waals surface area contributed by atoms with Crippen molar-refractivity contribution in [1.82, 2.24) is 4.72 Å². The Morgan fingerprint density at radius 3 is 2.12 bits per heavy atom. The fourth-order valence-corrected chi connectivity index (χ4v) is 2.70. The lowest BCUT2D eigenvalue weighted by Gasteiger charge is -2.24. The molecule has 1 rings (SSSR count). The monoisotopic (exact) mass is 241 g/mol. The van der Waals surface area contributed by atoms with Gasteiger partial charge in [0.05, 0.1) is 4.90 Å². The predicted octanol–water partition coefficient (Wildman–Crippen LogP) is 2.46. The molecule has 0 aliphatic rings. The van der Waals surface area contributed by atoms with E-state index in [1.54, 1.807) is 24.3 Å². The lowest BCUT2D eigenvalue weighted by Crippen LogP contribution is -2.42. The summed E-state index contributed by atoms with van der Waals surface area (Å²) in [6, 6.07) is 6.85. The summed E-state index contributed by atoms with van der Waals surface area (Å²) in [6.45, 7) is 7.63. The molecular weight excluding hydrogens is 222 g/mol. The number of benzene rings is 1. The van der Waals surface area contributed by atoms with Gasteiger partial charge in [-0.25, -0.2) is 13.1 Å². The maximum atomic E-state index is 12.0. The summed E-state index contributed by atoms with van der Waals surface area (Å²) in [6.07, 6.45) is 0.748. The van der Waals surface area contributed by atoms with Gasteiger partial charge in [-0.2, -0.15) is 0 Å². The predicted molar refractivity (Wildman–Crippen MR) is 65.9 cm³/mol. The van der Waals surface area contributed by atoms with E-state index in [0.29, 0.717) is 4.90 Å². The van der Waals surface area contributed by atoms with Gasteiger partial charge in [-0.3, -0.25) is 0 Å². The van der Waals surface area contributed by atoms with Gasteiger partial charge in [0, 0.05) is 5.54 Å². The summed E-state index contributed by atoms with van der Waals surface area (Å²) in [5, 5.41) is 0. The number of hydrogen-bond donors (Lipinski definition) is 1. The second kappa shape index (κ2) is 4.55. The van der Waals surface area contributed by atoms with E-state index in [4.69, 9.17) is 0 Å². The fourth-order valence-electron chi connectivity index (χ4n) is 1.21. The van der Waals surface area contributed by atoms with Crippen LogP contribution in [0.15, 0.2) is 29.2 Å². The van der Waals surface area contributed by atoms with Gasteiger partial charge in [0.25, 0.3) is 0 Å². The first-order chi connectivity index (χ1) is 7.27. The molecule has 0 saturated heterocycles. The van der Waals surface area contributed by atoms with Gasteiger partial charge in [-0.1, -0.05) is 24.6 Å². The van der Waals surface area contributed by atoms with E-state index in [-0.39, 0.29) is 0 Å². The van der Waals surface area contributed by atoms with Crippen LogP contribution in [0.5, 0.6) is 0 Å². The largest absolute Gasteiger partial charge is 0.241 e. The van der Waals surface area contributed by atoms with Gasteiger partial charge in [0.15, 0.2) is 0 Å². The Balaban J connectivity index is 2.99. The Kier molecular flexibility index (Phi) is 3.76. The molecule has 0 radical (unpaired) electrons. The van der Waals surface area contributed by atoms with Crippen LogP contribution in [0.3, 0.4) is 0 Å². The Morgan fingerprint density at radius 1 is 1.19 bits per heavy atom. The Morgan fingerprint density at radius 2 is 1.69 bits per heavy atom. The maximum absolute atomic E-state index is 12.0. The zero-order valence-electron chi connectivity index (χ0n) is 10.2. The molecule has 0 aliphatic heterocycles. The van der Waals surface area contributed by atoms with Crippen molar-refractivity contribution in [1.29, 1.82) is 0 Å². The van der Waals surface area contributed by atoms with Crippen LogP contribution in [0.25, 0.3) is 0 Å². The first-order valence-corrected chi connectivity index (χ1v) is 6.86. The quantitative estimate of drug-likeness (QED) is 0.880. The van der Waals surface area contributed by atoms with Crippen molar-refractivity contribution in [3.8, 4) is 0 Å². The van der Waals surface area contributed by atoms with Crippen molar-refractivity contribution >= 4 is 10.0 Å². The molecular formula is C12H19NO2S. The maximum Gasteiger partial charge on any atom is 0.241 e. The smallest absolute Gasteiger partial charge is 0.207 e. The molecule has 4 heteroatoms. The molecule has 1 N–H and O–H groups in total. The third-order valence-electron chi connectivity index (χ3n) is 2.63. The van der Waals surface area contributed by atoms with Gasteiger partial charge in [0.2, 0.25) is 10.0 Å². The lowest BCUT2D eigenvalue weighted by molar-refractivity contribution is 0.439. The van der Waals surface area contributed by atoms with Gasteiger partial charge in [0.1, 0.15) is 0 Å². The zero-order valence-corrected chi connectivity index (χ0v) is 11.1. The van der Waals surface area contributed by atoms with Gasteiger partial charge in [-0.15, -0.1) is 0 Å². The third-order valence-corrected chi connectivity index (χ3v) is 4.34. The summed E-state index contributed by atoms with van der Waals surface area (Å²) in [7, 11) is -3.40. The molecule has 0 fully saturated rings. The standard InChI is InChI=1S/C12H19NO2S/c1-5-12(3,4)13-16(14,15)11-8-6-10(2)7-9-11/h6-9,13H,5H2,1-4H3. The van der Waals surface area contributed by atoms with Crippen LogP contribution in [0.2, 0.25) is 0 Å². The van der Waals surface area contributed by atoms with E-state index in [1.165, 1.54) is 0 Å². The molecule has 0 heterocycles. The van der Waals surface area contributed by atoms with Crippen molar-refractivity contribution in [3.63, 3.8) is 0 Å². The molecule has 1 aromatic carbocycles. The lowest BCUT2D eigenvalue weighted by atomic mass is 10.0. The molecule has 0 aromatic heterocycles. The van der Waals surface area contributed by atoms with Crippen molar-refractivity contribution in [2.45, 2.75) is 44.6 Å². The highest BCUT2D eigenvalue weighted by atomic mass is 32.2. The summed E-state index contributed by atoms with van der Waals surface area (Å²) >= 11 is 0. The first-order valence-electron chi connectivity index (χ1n) is 5.37. The number of aryl methyl sites for hydroxylation is 1. The van der Waals surface area contributed by atoms with Crippen LogP contribution in [0, 0.1) is 6.92 Å². The summed E-state index contributed by atoms with van der Waals surface area (Å²) in [5.74, 6) is 0. The Labute approximate surface area is 97.9 Å². The SMILES string of the molecule is CCC(C)(C)NS(=O)(=O)c1ccc(C)cc1. The van der Waals surface area contributed by atoms with E-state index in [1.807, 2.05) is 27.7 Å². The summed E-state index contributed by atoms with van der Waals surface area (Å²) < 4.78 is 26.7. The number of hydrogen-bond acceptors (Lipinski definition) is 2. The molecule has 90 valence electrons.